The van der Waals surface area contributed by atoms with Crippen LogP contribution in [0.25, 0.3) is 0 Å². The zero-order chi connectivity index (χ0) is 13.1. The van der Waals surface area contributed by atoms with Gasteiger partial charge in [-0.15, -0.1) is 0 Å². The average molecular weight is 267 g/mol. The summed E-state index contributed by atoms with van der Waals surface area (Å²) in [6.07, 6.45) is 0. The second-order valence-corrected chi connectivity index (χ2v) is 4.91. The number of thioether (sulfide) groups is 1. The summed E-state index contributed by atoms with van der Waals surface area (Å²) in [4.78, 5) is 24.1. The summed E-state index contributed by atoms with van der Waals surface area (Å²) < 4.78 is 5.19. The first kappa shape index (κ1) is 12.8. The topological polar surface area (TPSA) is 66.8 Å². The third kappa shape index (κ3) is 2.59. The molecule has 18 heavy (non-hydrogen) atoms. The van der Waals surface area contributed by atoms with Gasteiger partial charge in [0.2, 0.25) is 0 Å². The van der Waals surface area contributed by atoms with Crippen molar-refractivity contribution in [2.75, 3.05) is 19.4 Å². The van der Waals surface area contributed by atoms with E-state index in [1.165, 1.54) is 24.9 Å². The van der Waals surface area contributed by atoms with E-state index < -0.39 is 5.97 Å². The highest BCUT2D eigenvalue weighted by atomic mass is 32.2. The van der Waals surface area contributed by atoms with E-state index in [0.717, 1.165) is 5.75 Å². The molecule has 0 aromatic heterocycles. The van der Waals surface area contributed by atoms with Crippen LogP contribution in [0.5, 0.6) is 5.75 Å². The number of hydrogen-bond acceptors (Lipinski definition) is 4. The molecule has 0 unspecified atom stereocenters. The minimum atomic E-state index is -0.985. The van der Waals surface area contributed by atoms with Crippen LogP contribution in [-0.4, -0.2) is 40.6 Å². The number of rotatable bonds is 4. The Kier molecular flexibility index (Phi) is 3.76. The molecule has 0 radical (unpaired) electrons. The van der Waals surface area contributed by atoms with Crippen molar-refractivity contribution in [3.8, 4) is 5.75 Å². The fraction of sp³-hybridized carbons (Fsp3) is 0.333. The molecular weight excluding hydrogens is 254 g/mol. The fourth-order valence-corrected chi connectivity index (χ4v) is 2.63. The van der Waals surface area contributed by atoms with E-state index >= 15 is 0 Å². The number of aromatic carboxylic acids is 1. The number of nitrogens with zero attached hydrogens (tertiary/aromatic N) is 1. The molecule has 1 aliphatic heterocycles. The molecule has 1 aromatic rings. The molecule has 0 aliphatic carbocycles. The number of amides is 1. The molecule has 0 atom stereocenters. The predicted octanol–water partition coefficient (Wildman–Crippen LogP) is 2.06. The normalized spacial score (nSPS) is 14.9. The predicted molar refractivity (Wildman–Crippen MR) is 68.2 cm³/mol. The molecule has 1 saturated heterocycles. The van der Waals surface area contributed by atoms with Crippen molar-refractivity contribution in [3.05, 3.63) is 29.3 Å². The SMILES string of the molecule is COc1ccc(C(=O)O)cc1CN1CCSC1=O. The second kappa shape index (κ2) is 5.30. The first-order chi connectivity index (χ1) is 8.61. The summed E-state index contributed by atoms with van der Waals surface area (Å²) in [6.45, 7) is 1.07. The van der Waals surface area contributed by atoms with Gasteiger partial charge in [-0.05, 0) is 18.2 Å². The number of methoxy groups -OCH3 is 1. The fourth-order valence-electron chi connectivity index (χ4n) is 1.81. The van der Waals surface area contributed by atoms with Gasteiger partial charge >= 0.3 is 5.97 Å². The van der Waals surface area contributed by atoms with Crippen molar-refractivity contribution in [1.29, 1.82) is 0 Å². The van der Waals surface area contributed by atoms with E-state index in [0.29, 0.717) is 24.4 Å². The maximum absolute atomic E-state index is 11.5. The van der Waals surface area contributed by atoms with Gasteiger partial charge in [-0.1, -0.05) is 11.8 Å². The lowest BCUT2D eigenvalue weighted by molar-refractivity contribution is 0.0696. The Bertz CT molecular complexity index is 489. The summed E-state index contributed by atoms with van der Waals surface area (Å²) >= 11 is 1.28. The minimum absolute atomic E-state index is 0.0257. The van der Waals surface area contributed by atoms with E-state index in [9.17, 15) is 9.59 Å². The lowest BCUT2D eigenvalue weighted by Crippen LogP contribution is -2.23. The van der Waals surface area contributed by atoms with Crippen LogP contribution in [0.15, 0.2) is 18.2 Å². The number of ether oxygens (including phenoxy) is 1. The molecular formula is C12H13NO4S. The van der Waals surface area contributed by atoms with Gasteiger partial charge in [-0.2, -0.15) is 0 Å². The molecule has 1 fully saturated rings. The monoisotopic (exact) mass is 267 g/mol. The maximum Gasteiger partial charge on any atom is 0.335 e. The van der Waals surface area contributed by atoms with E-state index in [1.54, 1.807) is 17.0 Å². The summed E-state index contributed by atoms with van der Waals surface area (Å²) in [6, 6.07) is 4.66. The van der Waals surface area contributed by atoms with Gasteiger partial charge in [0.25, 0.3) is 5.24 Å². The Morgan fingerprint density at radius 3 is 2.89 bits per heavy atom. The quantitative estimate of drug-likeness (QED) is 0.904. The first-order valence-corrected chi connectivity index (χ1v) is 6.42. The van der Waals surface area contributed by atoms with Crippen molar-refractivity contribution < 1.29 is 19.4 Å². The number of hydrogen-bond donors (Lipinski definition) is 1. The molecule has 1 aliphatic rings. The Balaban J connectivity index is 2.26. The first-order valence-electron chi connectivity index (χ1n) is 5.43. The van der Waals surface area contributed by atoms with Gasteiger partial charge in [0.1, 0.15) is 5.75 Å². The number of carboxylic acids is 1. The Morgan fingerprint density at radius 2 is 2.33 bits per heavy atom. The third-order valence-electron chi connectivity index (χ3n) is 2.73. The Morgan fingerprint density at radius 1 is 1.56 bits per heavy atom. The van der Waals surface area contributed by atoms with Crippen LogP contribution < -0.4 is 4.74 Å². The average Bonchev–Trinajstić information content (AvgIpc) is 2.75. The maximum atomic E-state index is 11.5. The van der Waals surface area contributed by atoms with Crippen LogP contribution in [0.2, 0.25) is 0 Å². The van der Waals surface area contributed by atoms with Crippen molar-refractivity contribution in [3.63, 3.8) is 0 Å². The van der Waals surface area contributed by atoms with Crippen LogP contribution >= 0.6 is 11.8 Å². The lowest BCUT2D eigenvalue weighted by Gasteiger charge is -2.17. The third-order valence-corrected chi connectivity index (χ3v) is 3.63. The summed E-state index contributed by atoms with van der Waals surface area (Å²) in [5.74, 6) is 0.394. The largest absolute Gasteiger partial charge is 0.496 e. The zero-order valence-electron chi connectivity index (χ0n) is 9.88. The molecule has 96 valence electrons. The Labute approximate surface area is 109 Å². The summed E-state index contributed by atoms with van der Waals surface area (Å²) in [7, 11) is 1.53. The van der Waals surface area contributed by atoms with Crippen LogP contribution in [0, 0.1) is 0 Å². The molecule has 5 nitrogen and oxygen atoms in total. The highest BCUT2D eigenvalue weighted by Crippen LogP contribution is 2.25. The minimum Gasteiger partial charge on any atom is -0.496 e. The van der Waals surface area contributed by atoms with Gasteiger partial charge < -0.3 is 14.7 Å². The molecule has 6 heteroatoms. The van der Waals surface area contributed by atoms with E-state index in [1.807, 2.05) is 0 Å². The number of benzene rings is 1. The molecule has 1 aromatic carbocycles. The Hall–Kier alpha value is -1.69. The van der Waals surface area contributed by atoms with Gasteiger partial charge in [0, 0.05) is 17.9 Å². The summed E-state index contributed by atoms with van der Waals surface area (Å²) in [5.41, 5.74) is 0.915. The number of carboxylic acid groups (broad SMARTS) is 1. The van der Waals surface area contributed by atoms with Crippen molar-refractivity contribution in [2.24, 2.45) is 0 Å². The number of carbonyl (C=O) groups is 2. The van der Waals surface area contributed by atoms with Crippen molar-refractivity contribution in [2.45, 2.75) is 6.54 Å². The van der Waals surface area contributed by atoms with Gasteiger partial charge in [-0.3, -0.25) is 4.79 Å². The molecule has 0 saturated carbocycles. The van der Waals surface area contributed by atoms with Crippen LogP contribution in [-0.2, 0) is 6.54 Å². The van der Waals surface area contributed by atoms with Crippen molar-refractivity contribution >= 4 is 23.0 Å². The van der Waals surface area contributed by atoms with E-state index in [4.69, 9.17) is 9.84 Å². The molecule has 0 bridgehead atoms. The smallest absolute Gasteiger partial charge is 0.335 e. The van der Waals surface area contributed by atoms with Gasteiger partial charge in [0.15, 0.2) is 0 Å². The van der Waals surface area contributed by atoms with Crippen molar-refractivity contribution in [1.82, 2.24) is 4.90 Å². The highest BCUT2D eigenvalue weighted by Gasteiger charge is 2.22. The highest BCUT2D eigenvalue weighted by molar-refractivity contribution is 8.13. The zero-order valence-corrected chi connectivity index (χ0v) is 10.7. The molecule has 2 rings (SSSR count). The molecule has 1 N–H and O–H groups in total. The standard InChI is InChI=1S/C12H13NO4S/c1-17-10-3-2-8(11(14)15)6-9(10)7-13-4-5-18-12(13)16/h2-3,6H,4-5,7H2,1H3,(H,14,15). The lowest BCUT2D eigenvalue weighted by atomic mass is 10.1. The summed E-state index contributed by atoms with van der Waals surface area (Å²) in [5, 5.41) is 8.99. The van der Waals surface area contributed by atoms with Crippen LogP contribution in [0.3, 0.4) is 0 Å². The number of carbonyl (C=O) groups excluding carboxylic acids is 1. The van der Waals surface area contributed by atoms with Gasteiger partial charge in [-0.25, -0.2) is 4.79 Å². The van der Waals surface area contributed by atoms with Crippen LogP contribution in [0.1, 0.15) is 15.9 Å². The van der Waals surface area contributed by atoms with E-state index in [-0.39, 0.29) is 10.8 Å². The second-order valence-electron chi connectivity index (χ2n) is 3.87. The van der Waals surface area contributed by atoms with Crippen LogP contribution in [0.4, 0.5) is 4.79 Å². The molecule has 0 spiro atoms. The van der Waals surface area contributed by atoms with E-state index in [2.05, 4.69) is 0 Å². The molecule has 1 heterocycles. The molecule has 1 amide bonds. The van der Waals surface area contributed by atoms with Gasteiger partial charge in [0.05, 0.1) is 19.2 Å².